The number of nitrogen functional groups attached to an aromatic ring is 1. The van der Waals surface area contributed by atoms with Gasteiger partial charge < -0.3 is 16.0 Å². The lowest BCUT2D eigenvalue weighted by Crippen LogP contribution is -2.17. The van der Waals surface area contributed by atoms with E-state index in [1.807, 2.05) is 19.1 Å². The fraction of sp³-hybridized carbons (Fsp3) is 0.294. The van der Waals surface area contributed by atoms with Gasteiger partial charge in [0.1, 0.15) is 0 Å². The topological polar surface area (TPSA) is 41.3 Å². The summed E-state index contributed by atoms with van der Waals surface area (Å²) in [5.41, 5.74) is 11.3. The van der Waals surface area contributed by atoms with E-state index in [0.717, 1.165) is 22.6 Å². The molecular weight excluding hydrogens is 246 g/mol. The zero-order valence-corrected chi connectivity index (χ0v) is 11.9. The van der Waals surface area contributed by atoms with Crippen molar-refractivity contribution in [3.8, 4) is 0 Å². The van der Waals surface area contributed by atoms with Crippen LogP contribution in [0.2, 0.25) is 0 Å². The summed E-state index contributed by atoms with van der Waals surface area (Å²) in [5.74, 6) is 0. The third-order valence-corrected chi connectivity index (χ3v) is 3.90. The number of nitrogens with zero attached hydrogens (tertiary/aromatic N) is 1. The molecule has 3 nitrogen and oxygen atoms in total. The zero-order chi connectivity index (χ0) is 13.9. The number of hydrogen-bond acceptors (Lipinski definition) is 3. The molecule has 2 aromatic rings. The number of rotatable bonds is 3. The van der Waals surface area contributed by atoms with Crippen molar-refractivity contribution in [1.82, 2.24) is 0 Å². The van der Waals surface area contributed by atoms with Crippen molar-refractivity contribution >= 4 is 22.7 Å². The Balaban J connectivity index is 1.72. The predicted octanol–water partition coefficient (Wildman–Crippen LogP) is 3.92. The molecule has 1 saturated heterocycles. The summed E-state index contributed by atoms with van der Waals surface area (Å²) in [4.78, 5) is 2.44. The van der Waals surface area contributed by atoms with Gasteiger partial charge in [0.2, 0.25) is 0 Å². The highest BCUT2D eigenvalue weighted by molar-refractivity contribution is 5.66. The molecule has 104 valence electrons. The fourth-order valence-electron chi connectivity index (χ4n) is 2.65. The van der Waals surface area contributed by atoms with Crippen molar-refractivity contribution in [2.24, 2.45) is 0 Å². The number of hydrogen-bond donors (Lipinski definition) is 2. The molecule has 0 spiro atoms. The van der Waals surface area contributed by atoms with Crippen LogP contribution in [0.15, 0.2) is 42.5 Å². The molecule has 1 heterocycles. The third-order valence-electron chi connectivity index (χ3n) is 3.90. The molecule has 3 N–H and O–H groups in total. The molecule has 2 aromatic carbocycles. The number of nitrogens with two attached hydrogens (primary N) is 1. The standard InChI is InChI=1S/C17H21N3/c1-13-12-15(6-9-17(13)18)19-14-4-7-16(8-5-14)20-10-2-3-11-20/h4-9,12,19H,2-3,10-11,18H2,1H3. The Morgan fingerprint density at radius 2 is 1.60 bits per heavy atom. The van der Waals surface area contributed by atoms with Gasteiger partial charge >= 0.3 is 0 Å². The van der Waals surface area contributed by atoms with Crippen LogP contribution in [0.1, 0.15) is 18.4 Å². The molecule has 20 heavy (non-hydrogen) atoms. The molecule has 1 aliphatic heterocycles. The zero-order valence-electron chi connectivity index (χ0n) is 11.9. The van der Waals surface area contributed by atoms with Gasteiger partial charge in [0.05, 0.1) is 0 Å². The second-order valence-electron chi connectivity index (χ2n) is 5.44. The summed E-state index contributed by atoms with van der Waals surface area (Å²) in [5, 5.41) is 3.42. The van der Waals surface area contributed by atoms with E-state index in [2.05, 4.69) is 40.5 Å². The van der Waals surface area contributed by atoms with Crippen molar-refractivity contribution in [2.45, 2.75) is 19.8 Å². The van der Waals surface area contributed by atoms with Gasteiger partial charge in [-0.3, -0.25) is 0 Å². The van der Waals surface area contributed by atoms with E-state index in [9.17, 15) is 0 Å². The first-order valence-corrected chi connectivity index (χ1v) is 7.20. The summed E-state index contributed by atoms with van der Waals surface area (Å²) < 4.78 is 0. The average Bonchev–Trinajstić information content (AvgIpc) is 2.98. The first kappa shape index (κ1) is 12.9. The summed E-state index contributed by atoms with van der Waals surface area (Å²) in [6.07, 6.45) is 2.62. The van der Waals surface area contributed by atoms with Gasteiger partial charge in [-0.2, -0.15) is 0 Å². The summed E-state index contributed by atoms with van der Waals surface area (Å²) >= 11 is 0. The van der Waals surface area contributed by atoms with E-state index >= 15 is 0 Å². The SMILES string of the molecule is Cc1cc(Nc2ccc(N3CCCC3)cc2)ccc1N. The number of aryl methyl sites for hydroxylation is 1. The molecule has 0 aliphatic carbocycles. The number of benzene rings is 2. The van der Waals surface area contributed by atoms with Crippen LogP contribution >= 0.6 is 0 Å². The van der Waals surface area contributed by atoms with Crippen LogP contribution in [0, 0.1) is 6.92 Å². The van der Waals surface area contributed by atoms with Crippen molar-refractivity contribution in [2.75, 3.05) is 29.0 Å². The highest BCUT2D eigenvalue weighted by Crippen LogP contribution is 2.25. The molecule has 1 aliphatic rings. The molecule has 0 atom stereocenters. The monoisotopic (exact) mass is 267 g/mol. The lowest BCUT2D eigenvalue weighted by atomic mass is 10.1. The van der Waals surface area contributed by atoms with Gasteiger partial charge in [-0.25, -0.2) is 0 Å². The van der Waals surface area contributed by atoms with E-state index in [-0.39, 0.29) is 0 Å². The lowest BCUT2D eigenvalue weighted by molar-refractivity contribution is 0.949. The molecule has 1 fully saturated rings. The van der Waals surface area contributed by atoms with E-state index in [1.165, 1.54) is 31.6 Å². The minimum absolute atomic E-state index is 0.833. The van der Waals surface area contributed by atoms with Gasteiger partial charge in [-0.15, -0.1) is 0 Å². The van der Waals surface area contributed by atoms with E-state index in [0.29, 0.717) is 0 Å². The second-order valence-corrected chi connectivity index (χ2v) is 5.44. The van der Waals surface area contributed by atoms with Gasteiger partial charge in [-0.05, 0) is 67.8 Å². The molecule has 3 heteroatoms. The Morgan fingerprint density at radius 3 is 2.25 bits per heavy atom. The highest BCUT2D eigenvalue weighted by Gasteiger charge is 2.11. The molecule has 0 saturated carbocycles. The lowest BCUT2D eigenvalue weighted by Gasteiger charge is -2.18. The summed E-state index contributed by atoms with van der Waals surface area (Å²) in [6, 6.07) is 14.7. The quantitative estimate of drug-likeness (QED) is 0.828. The maximum atomic E-state index is 5.84. The van der Waals surface area contributed by atoms with Crippen LogP contribution < -0.4 is 16.0 Å². The number of anilines is 4. The normalized spacial score (nSPS) is 14.6. The minimum Gasteiger partial charge on any atom is -0.399 e. The van der Waals surface area contributed by atoms with Crippen molar-refractivity contribution in [3.05, 3.63) is 48.0 Å². The first-order valence-electron chi connectivity index (χ1n) is 7.20. The molecule has 0 aromatic heterocycles. The number of nitrogens with one attached hydrogen (secondary N) is 1. The maximum Gasteiger partial charge on any atom is 0.0388 e. The Kier molecular flexibility index (Phi) is 3.50. The Labute approximate surface area is 120 Å². The largest absolute Gasteiger partial charge is 0.399 e. The second kappa shape index (κ2) is 5.45. The van der Waals surface area contributed by atoms with E-state index < -0.39 is 0 Å². The third kappa shape index (κ3) is 2.72. The van der Waals surface area contributed by atoms with Crippen LogP contribution in [0.25, 0.3) is 0 Å². The molecule has 0 amide bonds. The van der Waals surface area contributed by atoms with Crippen LogP contribution in [0.5, 0.6) is 0 Å². The Morgan fingerprint density at radius 1 is 0.950 bits per heavy atom. The Hall–Kier alpha value is -2.16. The van der Waals surface area contributed by atoms with Gasteiger partial charge in [0.15, 0.2) is 0 Å². The smallest absolute Gasteiger partial charge is 0.0388 e. The molecular formula is C17H21N3. The van der Waals surface area contributed by atoms with Gasteiger partial charge in [-0.1, -0.05) is 0 Å². The van der Waals surface area contributed by atoms with Gasteiger partial charge in [0.25, 0.3) is 0 Å². The summed E-state index contributed by atoms with van der Waals surface area (Å²) in [6.45, 7) is 4.39. The maximum absolute atomic E-state index is 5.84. The fourth-order valence-corrected chi connectivity index (χ4v) is 2.65. The summed E-state index contributed by atoms with van der Waals surface area (Å²) in [7, 11) is 0. The van der Waals surface area contributed by atoms with Crippen molar-refractivity contribution in [1.29, 1.82) is 0 Å². The predicted molar refractivity (Wildman–Crippen MR) is 86.8 cm³/mol. The van der Waals surface area contributed by atoms with Crippen LogP contribution in [-0.2, 0) is 0 Å². The van der Waals surface area contributed by atoms with Crippen molar-refractivity contribution < 1.29 is 0 Å². The first-order chi connectivity index (χ1) is 9.72. The van der Waals surface area contributed by atoms with Crippen LogP contribution in [0.4, 0.5) is 22.7 Å². The van der Waals surface area contributed by atoms with E-state index in [4.69, 9.17) is 5.73 Å². The van der Waals surface area contributed by atoms with Crippen molar-refractivity contribution in [3.63, 3.8) is 0 Å². The van der Waals surface area contributed by atoms with Crippen LogP contribution in [0.3, 0.4) is 0 Å². The molecule has 0 unspecified atom stereocenters. The van der Waals surface area contributed by atoms with E-state index in [1.54, 1.807) is 0 Å². The Bertz CT molecular complexity index is 584. The van der Waals surface area contributed by atoms with Gasteiger partial charge in [0, 0.05) is 35.8 Å². The highest BCUT2D eigenvalue weighted by atomic mass is 15.1. The minimum atomic E-state index is 0.833. The average molecular weight is 267 g/mol. The molecule has 0 radical (unpaired) electrons. The van der Waals surface area contributed by atoms with Crippen LogP contribution in [-0.4, -0.2) is 13.1 Å². The molecule has 0 bridgehead atoms. The molecule has 3 rings (SSSR count).